The fourth-order valence-corrected chi connectivity index (χ4v) is 2.38. The van der Waals surface area contributed by atoms with E-state index in [1.165, 1.54) is 0 Å². The summed E-state index contributed by atoms with van der Waals surface area (Å²) in [6, 6.07) is 14.0. The van der Waals surface area contributed by atoms with Gasteiger partial charge in [-0.3, -0.25) is 4.79 Å². The van der Waals surface area contributed by atoms with Gasteiger partial charge in [-0.2, -0.15) is 0 Å². The molecule has 2 aromatic rings. The van der Waals surface area contributed by atoms with Gasteiger partial charge in [-0.25, -0.2) is 0 Å². The van der Waals surface area contributed by atoms with Crippen molar-refractivity contribution >= 4 is 32.5 Å². The predicted molar refractivity (Wildman–Crippen MR) is 75.9 cm³/mol. The van der Waals surface area contributed by atoms with Crippen molar-refractivity contribution in [3.63, 3.8) is 0 Å². The number of halogens is 1. The Balaban J connectivity index is 2.26. The van der Waals surface area contributed by atoms with Gasteiger partial charge < -0.3 is 0 Å². The van der Waals surface area contributed by atoms with Crippen molar-refractivity contribution < 1.29 is 4.79 Å². The van der Waals surface area contributed by atoms with E-state index in [1.54, 1.807) is 0 Å². The first-order valence-corrected chi connectivity index (χ1v) is 7.02. The minimum absolute atomic E-state index is 0.253. The van der Waals surface area contributed by atoms with Crippen LogP contribution >= 0.6 is 15.9 Å². The maximum atomic E-state index is 12.1. The summed E-state index contributed by atoms with van der Waals surface area (Å²) in [6.45, 7) is 0. The first kappa shape index (κ1) is 12.3. The third kappa shape index (κ3) is 2.95. The quantitative estimate of drug-likeness (QED) is 0.447. The third-order valence-electron chi connectivity index (χ3n) is 2.88. The van der Waals surface area contributed by atoms with E-state index < -0.39 is 0 Å². The van der Waals surface area contributed by atoms with Crippen LogP contribution < -0.4 is 0 Å². The first-order valence-electron chi connectivity index (χ1n) is 5.90. The molecule has 2 rings (SSSR count). The molecule has 0 amide bonds. The SMILES string of the molecule is O=C(CCCCBr)c1cccc2ccccc12. The van der Waals surface area contributed by atoms with E-state index in [0.717, 1.165) is 34.5 Å². The van der Waals surface area contributed by atoms with Crippen LogP contribution in [0.5, 0.6) is 0 Å². The summed E-state index contributed by atoms with van der Waals surface area (Å²) in [4.78, 5) is 12.1. The lowest BCUT2D eigenvalue weighted by atomic mass is 9.99. The molecule has 0 heterocycles. The van der Waals surface area contributed by atoms with E-state index in [0.29, 0.717) is 6.42 Å². The van der Waals surface area contributed by atoms with E-state index in [9.17, 15) is 4.79 Å². The van der Waals surface area contributed by atoms with Gasteiger partial charge in [0.1, 0.15) is 0 Å². The van der Waals surface area contributed by atoms with Crippen LogP contribution in [0.3, 0.4) is 0 Å². The van der Waals surface area contributed by atoms with E-state index in [4.69, 9.17) is 0 Å². The summed E-state index contributed by atoms with van der Waals surface area (Å²) in [5.41, 5.74) is 0.859. The van der Waals surface area contributed by atoms with Gasteiger partial charge in [0.2, 0.25) is 0 Å². The van der Waals surface area contributed by atoms with Crippen molar-refractivity contribution in [3.8, 4) is 0 Å². The molecule has 0 aliphatic rings. The van der Waals surface area contributed by atoms with Gasteiger partial charge >= 0.3 is 0 Å². The van der Waals surface area contributed by atoms with Crippen molar-refractivity contribution in [2.75, 3.05) is 5.33 Å². The molecule has 0 aliphatic carbocycles. The summed E-state index contributed by atoms with van der Waals surface area (Å²) >= 11 is 3.38. The van der Waals surface area contributed by atoms with Crippen LogP contribution in [0.15, 0.2) is 42.5 Å². The smallest absolute Gasteiger partial charge is 0.163 e. The van der Waals surface area contributed by atoms with Crippen LogP contribution in [0.2, 0.25) is 0 Å². The number of rotatable bonds is 5. The molecule has 0 unspecified atom stereocenters. The average Bonchev–Trinajstić information content (AvgIpc) is 2.38. The molecular weight excluding hydrogens is 276 g/mol. The summed E-state index contributed by atoms with van der Waals surface area (Å²) in [5, 5.41) is 3.17. The number of ketones is 1. The molecule has 2 aromatic carbocycles. The highest BCUT2D eigenvalue weighted by molar-refractivity contribution is 9.09. The number of benzene rings is 2. The number of hydrogen-bond donors (Lipinski definition) is 0. The minimum atomic E-state index is 0.253. The zero-order valence-corrected chi connectivity index (χ0v) is 11.2. The van der Waals surface area contributed by atoms with Gasteiger partial charge in [0.25, 0.3) is 0 Å². The van der Waals surface area contributed by atoms with Gasteiger partial charge in [0.15, 0.2) is 5.78 Å². The Morgan fingerprint density at radius 1 is 1.00 bits per heavy atom. The van der Waals surface area contributed by atoms with Crippen molar-refractivity contribution in [1.29, 1.82) is 0 Å². The number of alkyl halides is 1. The molecule has 0 radical (unpaired) electrons. The van der Waals surface area contributed by atoms with E-state index in [2.05, 4.69) is 15.9 Å². The molecule has 0 N–H and O–H groups in total. The van der Waals surface area contributed by atoms with Gasteiger partial charge in [-0.05, 0) is 23.6 Å². The van der Waals surface area contributed by atoms with Crippen LogP contribution in [0.25, 0.3) is 10.8 Å². The van der Waals surface area contributed by atoms with E-state index >= 15 is 0 Å². The molecule has 0 atom stereocenters. The van der Waals surface area contributed by atoms with Gasteiger partial charge in [-0.15, -0.1) is 0 Å². The summed E-state index contributed by atoms with van der Waals surface area (Å²) in [7, 11) is 0. The Morgan fingerprint density at radius 3 is 2.59 bits per heavy atom. The van der Waals surface area contributed by atoms with Crippen molar-refractivity contribution in [1.82, 2.24) is 0 Å². The molecule has 0 fully saturated rings. The molecule has 88 valence electrons. The second-order valence-electron chi connectivity index (χ2n) is 4.10. The number of hydrogen-bond acceptors (Lipinski definition) is 1. The van der Waals surface area contributed by atoms with E-state index in [-0.39, 0.29) is 5.78 Å². The van der Waals surface area contributed by atoms with Gasteiger partial charge in [0, 0.05) is 17.3 Å². The molecular formula is C15H15BrO. The number of Topliss-reactive ketones (excluding diaryl/α,β-unsaturated/α-hetero) is 1. The highest BCUT2D eigenvalue weighted by Crippen LogP contribution is 2.20. The van der Waals surface area contributed by atoms with Crippen LogP contribution in [-0.2, 0) is 0 Å². The second-order valence-corrected chi connectivity index (χ2v) is 4.89. The second kappa shape index (κ2) is 5.97. The number of fused-ring (bicyclic) bond motifs is 1. The van der Waals surface area contributed by atoms with Gasteiger partial charge in [-0.1, -0.05) is 58.4 Å². The normalized spacial score (nSPS) is 10.6. The van der Waals surface area contributed by atoms with Crippen LogP contribution in [0, 0.1) is 0 Å². The standard InChI is InChI=1S/C15H15BrO/c16-11-4-3-10-15(17)14-9-5-7-12-6-1-2-8-13(12)14/h1-2,5-9H,3-4,10-11H2. The Bertz CT molecular complexity index is 514. The largest absolute Gasteiger partial charge is 0.294 e. The molecule has 0 saturated heterocycles. The van der Waals surface area contributed by atoms with E-state index in [1.807, 2.05) is 42.5 Å². The van der Waals surface area contributed by atoms with Crippen LogP contribution in [0.4, 0.5) is 0 Å². The zero-order valence-electron chi connectivity index (χ0n) is 9.66. The monoisotopic (exact) mass is 290 g/mol. The number of carbonyl (C=O) groups excluding carboxylic acids is 1. The first-order chi connectivity index (χ1) is 8.33. The molecule has 0 saturated carbocycles. The molecule has 2 heteroatoms. The lowest BCUT2D eigenvalue weighted by molar-refractivity contribution is 0.0981. The van der Waals surface area contributed by atoms with Crippen LogP contribution in [-0.4, -0.2) is 11.1 Å². The number of unbranched alkanes of at least 4 members (excludes halogenated alkanes) is 1. The molecule has 0 aromatic heterocycles. The summed E-state index contributed by atoms with van der Waals surface area (Å²) in [5.74, 6) is 0.253. The molecule has 0 spiro atoms. The number of carbonyl (C=O) groups is 1. The Labute approximate surface area is 110 Å². The third-order valence-corrected chi connectivity index (χ3v) is 3.44. The highest BCUT2D eigenvalue weighted by atomic mass is 79.9. The van der Waals surface area contributed by atoms with Crippen molar-refractivity contribution in [2.24, 2.45) is 0 Å². The maximum Gasteiger partial charge on any atom is 0.163 e. The topological polar surface area (TPSA) is 17.1 Å². The molecule has 0 aliphatic heterocycles. The van der Waals surface area contributed by atoms with Crippen LogP contribution in [0.1, 0.15) is 29.6 Å². The molecule has 17 heavy (non-hydrogen) atoms. The fraction of sp³-hybridized carbons (Fsp3) is 0.267. The minimum Gasteiger partial charge on any atom is -0.294 e. The molecule has 0 bridgehead atoms. The Hall–Kier alpha value is -1.15. The summed E-state index contributed by atoms with van der Waals surface area (Å²) in [6.07, 6.45) is 2.64. The van der Waals surface area contributed by atoms with Gasteiger partial charge in [0.05, 0.1) is 0 Å². The average molecular weight is 291 g/mol. The Morgan fingerprint density at radius 2 is 1.76 bits per heavy atom. The fourth-order valence-electron chi connectivity index (χ4n) is 1.98. The lowest BCUT2D eigenvalue weighted by Gasteiger charge is -2.05. The van der Waals surface area contributed by atoms with Crippen molar-refractivity contribution in [3.05, 3.63) is 48.0 Å². The summed E-state index contributed by atoms with van der Waals surface area (Å²) < 4.78 is 0. The maximum absolute atomic E-state index is 12.1. The zero-order chi connectivity index (χ0) is 12.1. The Kier molecular flexibility index (Phi) is 4.32. The predicted octanol–water partition coefficient (Wildman–Crippen LogP) is 4.59. The lowest BCUT2D eigenvalue weighted by Crippen LogP contribution is -2.00. The van der Waals surface area contributed by atoms with Crippen molar-refractivity contribution in [2.45, 2.75) is 19.3 Å². The highest BCUT2D eigenvalue weighted by Gasteiger charge is 2.08. The molecule has 1 nitrogen and oxygen atoms in total.